The molecule has 0 radical (unpaired) electrons. The summed E-state index contributed by atoms with van der Waals surface area (Å²) in [6, 6.07) is 19.6. The zero-order valence-corrected chi connectivity index (χ0v) is 14.9. The van der Waals surface area contributed by atoms with Crippen LogP contribution >= 0.6 is 11.3 Å². The summed E-state index contributed by atoms with van der Waals surface area (Å²) in [4.78, 5) is 20.2. The predicted molar refractivity (Wildman–Crippen MR) is 102 cm³/mol. The van der Waals surface area contributed by atoms with Crippen molar-refractivity contribution < 1.29 is 4.79 Å². The van der Waals surface area contributed by atoms with Crippen LogP contribution in [0.15, 0.2) is 60.8 Å². The van der Waals surface area contributed by atoms with Crippen LogP contribution in [-0.2, 0) is 0 Å². The van der Waals surface area contributed by atoms with Gasteiger partial charge in [0.05, 0.1) is 28.7 Å². The number of benzene rings is 2. The first-order valence-electron chi connectivity index (χ1n) is 8.58. The second kappa shape index (κ2) is 7.11. The molecular weight excluding hydrogens is 342 g/mol. The van der Waals surface area contributed by atoms with Gasteiger partial charge < -0.3 is 4.90 Å². The molecular formula is C21H17N3OS. The Kier molecular flexibility index (Phi) is 4.51. The summed E-state index contributed by atoms with van der Waals surface area (Å²) in [7, 11) is 0. The second-order valence-electron chi connectivity index (χ2n) is 6.29. The molecule has 26 heavy (non-hydrogen) atoms. The van der Waals surface area contributed by atoms with Crippen molar-refractivity contribution in [1.29, 1.82) is 5.26 Å². The van der Waals surface area contributed by atoms with E-state index in [9.17, 15) is 4.79 Å². The number of anilines is 1. The van der Waals surface area contributed by atoms with Crippen LogP contribution in [0.4, 0.5) is 5.13 Å². The molecule has 0 bridgehead atoms. The van der Waals surface area contributed by atoms with Gasteiger partial charge in [0.25, 0.3) is 0 Å². The van der Waals surface area contributed by atoms with Gasteiger partial charge in [-0.25, -0.2) is 4.98 Å². The van der Waals surface area contributed by atoms with Gasteiger partial charge in [0.2, 0.25) is 5.78 Å². The lowest BCUT2D eigenvalue weighted by Gasteiger charge is -2.24. The molecule has 0 amide bonds. The molecule has 0 N–H and O–H groups in total. The minimum absolute atomic E-state index is 0.0821. The number of ketones is 1. The fraction of sp³-hybridized carbons (Fsp3) is 0.190. The van der Waals surface area contributed by atoms with Crippen molar-refractivity contribution in [2.24, 2.45) is 0 Å². The first-order valence-corrected chi connectivity index (χ1v) is 9.40. The highest BCUT2D eigenvalue weighted by Crippen LogP contribution is 2.38. The standard InChI is InChI=1S/C21H17N3OS/c22-13-15-6-4-9-17(12-15)20(25)19-14-23-21(26-19)24-11-5-10-18(24)16-7-2-1-3-8-16/h1-4,6-9,12,14,18H,5,10-11H2/t18-/m0/s1. The van der Waals surface area contributed by atoms with E-state index >= 15 is 0 Å². The van der Waals surface area contributed by atoms with Gasteiger partial charge in [0.15, 0.2) is 5.13 Å². The van der Waals surface area contributed by atoms with Gasteiger partial charge in [-0.15, -0.1) is 0 Å². The number of nitriles is 1. The minimum Gasteiger partial charge on any atom is -0.341 e. The SMILES string of the molecule is N#Cc1cccc(C(=O)c2cnc(N3CCC[C@H]3c3ccccc3)s2)c1. The van der Waals surface area contributed by atoms with Crippen molar-refractivity contribution in [3.8, 4) is 6.07 Å². The first kappa shape index (κ1) is 16.5. The van der Waals surface area contributed by atoms with Gasteiger partial charge in [-0.05, 0) is 30.5 Å². The Morgan fingerprint density at radius 1 is 1.19 bits per heavy atom. The molecule has 2 aromatic carbocycles. The van der Waals surface area contributed by atoms with Gasteiger partial charge in [0, 0.05) is 12.1 Å². The summed E-state index contributed by atoms with van der Waals surface area (Å²) in [6.45, 7) is 0.949. The van der Waals surface area contributed by atoms with Gasteiger partial charge >= 0.3 is 0 Å². The number of thiazole rings is 1. The van der Waals surface area contributed by atoms with E-state index in [1.54, 1.807) is 30.5 Å². The Balaban J connectivity index is 1.59. The third-order valence-corrected chi connectivity index (χ3v) is 5.69. The fourth-order valence-electron chi connectivity index (χ4n) is 3.39. The maximum Gasteiger partial charge on any atom is 0.204 e. The summed E-state index contributed by atoms with van der Waals surface area (Å²) in [5, 5.41) is 9.91. The van der Waals surface area contributed by atoms with E-state index in [2.05, 4.69) is 40.2 Å². The van der Waals surface area contributed by atoms with Crippen molar-refractivity contribution in [2.75, 3.05) is 11.4 Å². The molecule has 4 rings (SSSR count). The number of carbonyl (C=O) groups excluding carboxylic acids is 1. The molecule has 1 fully saturated rings. The molecule has 0 aliphatic carbocycles. The topological polar surface area (TPSA) is 57.0 Å². The second-order valence-corrected chi connectivity index (χ2v) is 7.30. The summed E-state index contributed by atoms with van der Waals surface area (Å²) >= 11 is 1.43. The van der Waals surface area contributed by atoms with E-state index in [1.807, 2.05) is 6.07 Å². The van der Waals surface area contributed by atoms with Gasteiger partial charge in [0.1, 0.15) is 0 Å². The van der Waals surface area contributed by atoms with E-state index < -0.39 is 0 Å². The molecule has 1 aliphatic heterocycles. The van der Waals surface area contributed by atoms with Crippen LogP contribution in [0, 0.1) is 11.3 Å². The van der Waals surface area contributed by atoms with Gasteiger partial charge in [-0.3, -0.25) is 4.79 Å². The molecule has 3 aromatic rings. The zero-order chi connectivity index (χ0) is 17.9. The fourth-order valence-corrected chi connectivity index (χ4v) is 4.35. The summed E-state index contributed by atoms with van der Waals surface area (Å²) < 4.78 is 0. The Morgan fingerprint density at radius 2 is 2.04 bits per heavy atom. The highest BCUT2D eigenvalue weighted by Gasteiger charge is 2.28. The van der Waals surface area contributed by atoms with Crippen molar-refractivity contribution in [1.82, 2.24) is 4.98 Å². The average molecular weight is 359 g/mol. The Bertz CT molecular complexity index is 974. The van der Waals surface area contributed by atoms with Gasteiger partial charge in [-0.1, -0.05) is 53.8 Å². The molecule has 0 spiro atoms. The van der Waals surface area contributed by atoms with Crippen LogP contribution in [0.3, 0.4) is 0 Å². The highest BCUT2D eigenvalue weighted by molar-refractivity contribution is 7.17. The number of aromatic nitrogens is 1. The molecule has 1 saturated heterocycles. The molecule has 128 valence electrons. The van der Waals surface area contributed by atoms with E-state index in [0.717, 1.165) is 24.5 Å². The highest BCUT2D eigenvalue weighted by atomic mass is 32.1. The Labute approximate surface area is 156 Å². The number of nitrogens with zero attached hydrogens (tertiary/aromatic N) is 3. The summed E-state index contributed by atoms with van der Waals surface area (Å²) in [6.07, 6.45) is 3.87. The van der Waals surface area contributed by atoms with Crippen molar-refractivity contribution in [3.05, 3.63) is 82.4 Å². The third kappa shape index (κ3) is 3.12. The smallest absolute Gasteiger partial charge is 0.204 e. The largest absolute Gasteiger partial charge is 0.341 e. The van der Waals surface area contributed by atoms with Crippen LogP contribution in [0.1, 0.15) is 45.2 Å². The summed E-state index contributed by atoms with van der Waals surface area (Å²) in [5.41, 5.74) is 2.30. The average Bonchev–Trinajstić information content (AvgIpc) is 3.37. The first-order chi connectivity index (χ1) is 12.8. The lowest BCUT2D eigenvalue weighted by atomic mass is 10.1. The van der Waals surface area contributed by atoms with Crippen LogP contribution < -0.4 is 4.90 Å². The Morgan fingerprint density at radius 3 is 2.85 bits per heavy atom. The number of rotatable bonds is 4. The molecule has 0 unspecified atom stereocenters. The quantitative estimate of drug-likeness (QED) is 0.640. The maximum absolute atomic E-state index is 12.7. The lowest BCUT2D eigenvalue weighted by Crippen LogP contribution is -2.22. The van der Waals surface area contributed by atoms with Crippen LogP contribution in [-0.4, -0.2) is 17.3 Å². The van der Waals surface area contributed by atoms with E-state index in [-0.39, 0.29) is 5.78 Å². The molecule has 1 aromatic heterocycles. The maximum atomic E-state index is 12.7. The van der Waals surface area contributed by atoms with Gasteiger partial charge in [-0.2, -0.15) is 5.26 Å². The lowest BCUT2D eigenvalue weighted by molar-refractivity contribution is 0.104. The van der Waals surface area contributed by atoms with Crippen molar-refractivity contribution >= 4 is 22.3 Å². The van der Waals surface area contributed by atoms with Crippen LogP contribution in [0.25, 0.3) is 0 Å². The normalized spacial score (nSPS) is 16.4. The predicted octanol–water partition coefficient (Wildman–Crippen LogP) is 4.59. The Hall–Kier alpha value is -2.97. The zero-order valence-electron chi connectivity index (χ0n) is 14.1. The molecule has 1 aliphatic rings. The monoisotopic (exact) mass is 359 g/mol. The number of carbonyl (C=O) groups is 1. The minimum atomic E-state index is -0.0821. The summed E-state index contributed by atoms with van der Waals surface area (Å²) in [5.74, 6) is -0.0821. The molecule has 2 heterocycles. The van der Waals surface area contributed by atoms with E-state index in [1.165, 1.54) is 16.9 Å². The van der Waals surface area contributed by atoms with Crippen molar-refractivity contribution in [3.63, 3.8) is 0 Å². The molecule has 5 heteroatoms. The number of hydrogen-bond acceptors (Lipinski definition) is 5. The van der Waals surface area contributed by atoms with Crippen molar-refractivity contribution in [2.45, 2.75) is 18.9 Å². The molecule has 4 nitrogen and oxygen atoms in total. The molecule has 1 atom stereocenters. The van der Waals surface area contributed by atoms with E-state index in [4.69, 9.17) is 5.26 Å². The van der Waals surface area contributed by atoms with Crippen LogP contribution in [0.2, 0.25) is 0 Å². The van der Waals surface area contributed by atoms with Crippen LogP contribution in [0.5, 0.6) is 0 Å². The molecule has 0 saturated carbocycles. The van der Waals surface area contributed by atoms with E-state index in [0.29, 0.717) is 22.0 Å². The third-order valence-electron chi connectivity index (χ3n) is 4.65. The number of hydrogen-bond donors (Lipinski definition) is 0.